The molecule has 0 aromatic rings. The van der Waals surface area contributed by atoms with Crippen LogP contribution < -0.4 is 5.32 Å². The second-order valence-corrected chi connectivity index (χ2v) is 7.75. The van der Waals surface area contributed by atoms with E-state index < -0.39 is 0 Å². The third-order valence-electron chi connectivity index (χ3n) is 6.00. The molecule has 2 unspecified atom stereocenters. The maximum atomic E-state index is 13.0. The van der Waals surface area contributed by atoms with Crippen molar-refractivity contribution in [3.63, 3.8) is 0 Å². The van der Waals surface area contributed by atoms with Gasteiger partial charge >= 0.3 is 0 Å². The minimum absolute atomic E-state index is 0.320. The Morgan fingerprint density at radius 1 is 1.05 bits per heavy atom. The minimum atomic E-state index is 0.320. The highest BCUT2D eigenvalue weighted by molar-refractivity contribution is 5.79. The van der Waals surface area contributed by atoms with Crippen molar-refractivity contribution in [1.82, 2.24) is 10.2 Å². The van der Waals surface area contributed by atoms with Gasteiger partial charge in [0.05, 0.1) is 0 Å². The van der Waals surface area contributed by atoms with Crippen molar-refractivity contribution >= 4 is 5.91 Å². The lowest BCUT2D eigenvalue weighted by atomic mass is 9.82. The molecule has 1 N–H and O–H groups in total. The molecule has 3 heteroatoms. The number of amides is 1. The van der Waals surface area contributed by atoms with E-state index in [2.05, 4.69) is 24.1 Å². The summed E-state index contributed by atoms with van der Waals surface area (Å²) in [4.78, 5) is 15.3. The zero-order valence-electron chi connectivity index (χ0n) is 13.8. The maximum Gasteiger partial charge on any atom is 0.225 e. The van der Waals surface area contributed by atoms with Gasteiger partial charge in [-0.3, -0.25) is 4.79 Å². The smallest absolute Gasteiger partial charge is 0.225 e. The van der Waals surface area contributed by atoms with E-state index in [1.54, 1.807) is 0 Å². The van der Waals surface area contributed by atoms with Gasteiger partial charge in [0.2, 0.25) is 5.91 Å². The largest absolute Gasteiger partial charge is 0.339 e. The molecule has 1 saturated carbocycles. The number of nitrogens with zero attached hydrogens (tertiary/aromatic N) is 1. The van der Waals surface area contributed by atoms with Gasteiger partial charge in [0.15, 0.2) is 0 Å². The van der Waals surface area contributed by atoms with Gasteiger partial charge < -0.3 is 10.2 Å². The molecule has 1 aliphatic carbocycles. The van der Waals surface area contributed by atoms with Gasteiger partial charge in [0, 0.05) is 30.6 Å². The van der Waals surface area contributed by atoms with E-state index in [4.69, 9.17) is 0 Å². The van der Waals surface area contributed by atoms with E-state index in [0.717, 1.165) is 31.7 Å². The molecule has 0 aromatic heterocycles. The Bertz CT molecular complexity index is 350. The van der Waals surface area contributed by atoms with Crippen molar-refractivity contribution < 1.29 is 4.79 Å². The minimum Gasteiger partial charge on any atom is -0.339 e. The highest BCUT2D eigenvalue weighted by atomic mass is 16.2. The predicted molar refractivity (Wildman–Crippen MR) is 86.1 cm³/mol. The molecular weight excluding hydrogens is 260 g/mol. The first-order chi connectivity index (χ1) is 10.2. The third kappa shape index (κ3) is 3.44. The summed E-state index contributed by atoms with van der Waals surface area (Å²) in [5.41, 5.74) is 0. The summed E-state index contributed by atoms with van der Waals surface area (Å²) >= 11 is 0. The Kier molecular flexibility index (Phi) is 4.88. The number of rotatable bonds is 4. The first-order valence-corrected chi connectivity index (χ1v) is 9.24. The molecule has 2 atom stereocenters. The number of piperidine rings is 1. The molecule has 3 nitrogen and oxygen atoms in total. The van der Waals surface area contributed by atoms with Gasteiger partial charge in [0.1, 0.15) is 0 Å². The molecule has 3 rings (SSSR count). The summed E-state index contributed by atoms with van der Waals surface area (Å²) in [6.45, 7) is 5.50. The fourth-order valence-electron chi connectivity index (χ4n) is 4.74. The summed E-state index contributed by atoms with van der Waals surface area (Å²) in [5, 5.41) is 3.70. The molecule has 3 aliphatic rings. The first-order valence-electron chi connectivity index (χ1n) is 9.24. The van der Waals surface area contributed by atoms with Crippen LogP contribution in [0.4, 0.5) is 0 Å². The number of nitrogens with one attached hydrogen (secondary N) is 1. The van der Waals surface area contributed by atoms with E-state index in [0.29, 0.717) is 30.0 Å². The van der Waals surface area contributed by atoms with Crippen molar-refractivity contribution in [1.29, 1.82) is 0 Å². The van der Waals surface area contributed by atoms with Gasteiger partial charge in [-0.1, -0.05) is 13.8 Å². The number of hydrogen-bond donors (Lipinski definition) is 1. The summed E-state index contributed by atoms with van der Waals surface area (Å²) < 4.78 is 0. The second kappa shape index (κ2) is 6.68. The molecule has 0 radical (unpaired) electrons. The standard InChI is InChI=1S/C18H32N2O/c1-3-10-20(17-11-15-8-9-16(12-17)19-15)18(21)14-6-4-13(2)5-7-14/h13-17,19H,3-12H2,1-2H3. The molecule has 1 amide bonds. The Morgan fingerprint density at radius 2 is 1.67 bits per heavy atom. The first kappa shape index (κ1) is 15.3. The lowest BCUT2D eigenvalue weighted by Gasteiger charge is -2.40. The van der Waals surface area contributed by atoms with Gasteiger partial charge in [-0.2, -0.15) is 0 Å². The highest BCUT2D eigenvalue weighted by Crippen LogP contribution is 2.34. The Morgan fingerprint density at radius 3 is 2.24 bits per heavy atom. The Labute approximate surface area is 129 Å². The van der Waals surface area contributed by atoms with Gasteiger partial charge in [-0.15, -0.1) is 0 Å². The van der Waals surface area contributed by atoms with Crippen LogP contribution in [0.15, 0.2) is 0 Å². The molecule has 2 bridgehead atoms. The van der Waals surface area contributed by atoms with Crippen LogP contribution in [0.2, 0.25) is 0 Å². The molecule has 2 aliphatic heterocycles. The average molecular weight is 292 g/mol. The third-order valence-corrected chi connectivity index (χ3v) is 6.00. The number of carbonyl (C=O) groups excluding carboxylic acids is 1. The van der Waals surface area contributed by atoms with Crippen LogP contribution in [0.5, 0.6) is 0 Å². The SMILES string of the molecule is CCCN(C(=O)C1CCC(C)CC1)C1CC2CCC(C1)N2. The zero-order valence-corrected chi connectivity index (χ0v) is 13.8. The molecular formula is C18H32N2O. The molecule has 3 fully saturated rings. The van der Waals surface area contributed by atoms with Crippen molar-refractivity contribution in [2.75, 3.05) is 6.54 Å². The van der Waals surface area contributed by atoms with Crippen LogP contribution in [0, 0.1) is 11.8 Å². The van der Waals surface area contributed by atoms with Gasteiger partial charge in [-0.05, 0) is 63.7 Å². The molecule has 120 valence electrons. The van der Waals surface area contributed by atoms with Crippen LogP contribution in [-0.2, 0) is 4.79 Å². The number of hydrogen-bond acceptors (Lipinski definition) is 2. The van der Waals surface area contributed by atoms with Crippen molar-refractivity contribution in [3.05, 3.63) is 0 Å². The number of carbonyl (C=O) groups is 1. The van der Waals surface area contributed by atoms with Crippen molar-refractivity contribution in [3.8, 4) is 0 Å². The van der Waals surface area contributed by atoms with E-state index in [-0.39, 0.29) is 0 Å². The Balaban J connectivity index is 1.64. The van der Waals surface area contributed by atoms with Crippen LogP contribution >= 0.6 is 0 Å². The zero-order chi connectivity index (χ0) is 14.8. The van der Waals surface area contributed by atoms with E-state index in [9.17, 15) is 4.79 Å². The molecule has 2 heterocycles. The fraction of sp³-hybridized carbons (Fsp3) is 0.944. The lowest BCUT2D eigenvalue weighted by Crippen LogP contribution is -2.52. The molecule has 0 spiro atoms. The molecule has 2 saturated heterocycles. The second-order valence-electron chi connectivity index (χ2n) is 7.75. The summed E-state index contributed by atoms with van der Waals surface area (Å²) in [6.07, 6.45) is 10.8. The van der Waals surface area contributed by atoms with Gasteiger partial charge in [-0.25, -0.2) is 0 Å². The summed E-state index contributed by atoms with van der Waals surface area (Å²) in [7, 11) is 0. The monoisotopic (exact) mass is 292 g/mol. The predicted octanol–water partition coefficient (Wildman–Crippen LogP) is 3.33. The highest BCUT2D eigenvalue weighted by Gasteiger charge is 2.39. The van der Waals surface area contributed by atoms with Gasteiger partial charge in [0.25, 0.3) is 0 Å². The quantitative estimate of drug-likeness (QED) is 0.862. The van der Waals surface area contributed by atoms with Crippen molar-refractivity contribution in [2.24, 2.45) is 11.8 Å². The van der Waals surface area contributed by atoms with E-state index in [1.165, 1.54) is 38.5 Å². The lowest BCUT2D eigenvalue weighted by molar-refractivity contribution is -0.140. The van der Waals surface area contributed by atoms with Crippen LogP contribution in [-0.4, -0.2) is 35.5 Å². The fourth-order valence-corrected chi connectivity index (χ4v) is 4.74. The van der Waals surface area contributed by atoms with E-state index >= 15 is 0 Å². The summed E-state index contributed by atoms with van der Waals surface area (Å²) in [5.74, 6) is 1.62. The van der Waals surface area contributed by atoms with Crippen molar-refractivity contribution in [2.45, 2.75) is 89.8 Å². The molecule has 21 heavy (non-hydrogen) atoms. The average Bonchev–Trinajstić information content (AvgIpc) is 2.83. The van der Waals surface area contributed by atoms with Crippen LogP contribution in [0.25, 0.3) is 0 Å². The maximum absolute atomic E-state index is 13.0. The molecule has 0 aromatic carbocycles. The van der Waals surface area contributed by atoms with E-state index in [1.807, 2.05) is 0 Å². The Hall–Kier alpha value is -0.570. The van der Waals surface area contributed by atoms with Crippen LogP contribution in [0.3, 0.4) is 0 Å². The topological polar surface area (TPSA) is 32.3 Å². The van der Waals surface area contributed by atoms with Crippen LogP contribution in [0.1, 0.15) is 71.6 Å². The number of fused-ring (bicyclic) bond motifs is 2. The normalized spacial score (nSPS) is 39.2. The summed E-state index contributed by atoms with van der Waals surface area (Å²) in [6, 6.07) is 1.86.